The molecular weight excluding hydrogens is 273 g/mol. The van der Waals surface area contributed by atoms with E-state index in [-0.39, 0.29) is 17.3 Å². The molecule has 0 spiro atoms. The topological polar surface area (TPSA) is 61.4 Å². The third-order valence-corrected chi connectivity index (χ3v) is 3.28. The second-order valence-corrected chi connectivity index (χ2v) is 4.73. The molecule has 0 amide bonds. The smallest absolute Gasteiger partial charge is 0.416 e. The predicted molar refractivity (Wildman–Crippen MR) is 67.9 cm³/mol. The van der Waals surface area contributed by atoms with Crippen molar-refractivity contribution in [3.8, 4) is 0 Å². The standard InChI is InChI=1S/C13H15F3N2O2/c14-13(15,16)8-1-2-11(10(7-8)12(19)20)18-9-3-5-17-6-4-9/h1-2,7,9,17-18H,3-6H2,(H,19,20). The van der Waals surface area contributed by atoms with Gasteiger partial charge in [-0.15, -0.1) is 0 Å². The Morgan fingerprint density at radius 3 is 2.50 bits per heavy atom. The number of carbonyl (C=O) groups is 1. The first kappa shape index (κ1) is 14.6. The summed E-state index contributed by atoms with van der Waals surface area (Å²) in [6.07, 6.45) is -2.93. The Hall–Kier alpha value is -1.76. The van der Waals surface area contributed by atoms with E-state index in [0.717, 1.165) is 32.0 Å². The van der Waals surface area contributed by atoms with E-state index in [4.69, 9.17) is 5.11 Å². The molecule has 20 heavy (non-hydrogen) atoms. The zero-order chi connectivity index (χ0) is 14.8. The number of hydrogen-bond donors (Lipinski definition) is 3. The minimum Gasteiger partial charge on any atom is -0.478 e. The summed E-state index contributed by atoms with van der Waals surface area (Å²) < 4.78 is 37.8. The number of carboxylic acid groups (broad SMARTS) is 1. The molecule has 0 aliphatic carbocycles. The molecule has 1 aliphatic heterocycles. The molecule has 2 rings (SSSR count). The average molecular weight is 288 g/mol. The first-order chi connectivity index (χ1) is 9.38. The molecule has 1 aromatic carbocycles. The van der Waals surface area contributed by atoms with E-state index in [0.29, 0.717) is 6.07 Å². The van der Waals surface area contributed by atoms with Crippen LogP contribution in [0.2, 0.25) is 0 Å². The highest BCUT2D eigenvalue weighted by Crippen LogP contribution is 2.32. The van der Waals surface area contributed by atoms with E-state index in [1.807, 2.05) is 0 Å². The van der Waals surface area contributed by atoms with Gasteiger partial charge in [0, 0.05) is 11.7 Å². The molecule has 0 radical (unpaired) electrons. The van der Waals surface area contributed by atoms with Crippen molar-refractivity contribution in [3.63, 3.8) is 0 Å². The van der Waals surface area contributed by atoms with Crippen molar-refractivity contribution in [1.29, 1.82) is 0 Å². The highest BCUT2D eigenvalue weighted by Gasteiger charge is 2.32. The van der Waals surface area contributed by atoms with Crippen molar-refractivity contribution in [2.45, 2.75) is 25.1 Å². The van der Waals surface area contributed by atoms with Crippen LogP contribution < -0.4 is 10.6 Å². The van der Waals surface area contributed by atoms with Crippen molar-refractivity contribution in [2.24, 2.45) is 0 Å². The van der Waals surface area contributed by atoms with Crippen LogP contribution >= 0.6 is 0 Å². The van der Waals surface area contributed by atoms with Crippen LogP contribution in [0, 0.1) is 0 Å². The molecule has 4 nitrogen and oxygen atoms in total. The number of halogens is 3. The molecule has 1 aromatic rings. The van der Waals surface area contributed by atoms with Gasteiger partial charge in [0.15, 0.2) is 0 Å². The van der Waals surface area contributed by atoms with Gasteiger partial charge in [0.25, 0.3) is 0 Å². The first-order valence-corrected chi connectivity index (χ1v) is 6.29. The number of anilines is 1. The van der Waals surface area contributed by atoms with Crippen LogP contribution in [0.5, 0.6) is 0 Å². The van der Waals surface area contributed by atoms with Crippen molar-refractivity contribution in [1.82, 2.24) is 5.32 Å². The third kappa shape index (κ3) is 3.41. The van der Waals surface area contributed by atoms with Gasteiger partial charge in [0.05, 0.1) is 11.1 Å². The highest BCUT2D eigenvalue weighted by molar-refractivity contribution is 5.94. The van der Waals surface area contributed by atoms with Gasteiger partial charge in [0.1, 0.15) is 0 Å². The van der Waals surface area contributed by atoms with Crippen molar-refractivity contribution < 1.29 is 23.1 Å². The predicted octanol–water partition coefficient (Wildman–Crippen LogP) is 2.57. The molecule has 3 N–H and O–H groups in total. The number of carboxylic acids is 1. The lowest BCUT2D eigenvalue weighted by Gasteiger charge is -2.25. The number of rotatable bonds is 3. The van der Waals surface area contributed by atoms with Gasteiger partial charge in [-0.25, -0.2) is 4.79 Å². The summed E-state index contributed by atoms with van der Waals surface area (Å²) in [5.41, 5.74) is -1.07. The maximum atomic E-state index is 12.6. The van der Waals surface area contributed by atoms with Crippen LogP contribution in [0.15, 0.2) is 18.2 Å². The Kier molecular flexibility index (Phi) is 4.17. The Balaban J connectivity index is 2.25. The molecule has 7 heteroatoms. The molecule has 0 saturated carbocycles. The quantitative estimate of drug-likeness (QED) is 0.800. The second-order valence-electron chi connectivity index (χ2n) is 4.73. The van der Waals surface area contributed by atoms with E-state index >= 15 is 0 Å². The number of benzene rings is 1. The summed E-state index contributed by atoms with van der Waals surface area (Å²) in [5.74, 6) is -1.37. The second kappa shape index (κ2) is 5.70. The summed E-state index contributed by atoms with van der Waals surface area (Å²) in [6, 6.07) is 2.83. The summed E-state index contributed by atoms with van der Waals surface area (Å²) in [6.45, 7) is 1.61. The van der Waals surface area contributed by atoms with Crippen molar-refractivity contribution in [3.05, 3.63) is 29.3 Å². The van der Waals surface area contributed by atoms with Gasteiger partial charge in [-0.3, -0.25) is 0 Å². The maximum absolute atomic E-state index is 12.6. The molecule has 0 bridgehead atoms. The lowest BCUT2D eigenvalue weighted by molar-refractivity contribution is -0.137. The van der Waals surface area contributed by atoms with Gasteiger partial charge in [0.2, 0.25) is 0 Å². The number of nitrogens with one attached hydrogen (secondary N) is 2. The number of alkyl halides is 3. The largest absolute Gasteiger partial charge is 0.478 e. The molecule has 0 aromatic heterocycles. The lowest BCUT2D eigenvalue weighted by Crippen LogP contribution is -2.35. The highest BCUT2D eigenvalue weighted by atomic mass is 19.4. The minimum absolute atomic E-state index is 0.0751. The lowest BCUT2D eigenvalue weighted by atomic mass is 10.0. The average Bonchev–Trinajstić information content (AvgIpc) is 2.38. The molecule has 0 unspecified atom stereocenters. The zero-order valence-corrected chi connectivity index (χ0v) is 10.6. The molecule has 1 saturated heterocycles. The molecule has 110 valence electrons. The van der Waals surface area contributed by atoms with Crippen LogP contribution in [-0.4, -0.2) is 30.2 Å². The van der Waals surface area contributed by atoms with Crippen LogP contribution in [0.25, 0.3) is 0 Å². The van der Waals surface area contributed by atoms with E-state index in [2.05, 4.69) is 10.6 Å². The monoisotopic (exact) mass is 288 g/mol. The fourth-order valence-corrected chi connectivity index (χ4v) is 2.21. The van der Waals surface area contributed by atoms with E-state index in [9.17, 15) is 18.0 Å². The van der Waals surface area contributed by atoms with Gasteiger partial charge in [-0.1, -0.05) is 0 Å². The molecule has 1 aliphatic rings. The van der Waals surface area contributed by atoms with E-state index in [1.54, 1.807) is 0 Å². The molecular formula is C13H15F3N2O2. The Morgan fingerprint density at radius 2 is 1.95 bits per heavy atom. The SMILES string of the molecule is O=C(O)c1cc(C(F)(F)F)ccc1NC1CCNCC1. The summed E-state index contributed by atoms with van der Waals surface area (Å²) in [7, 11) is 0. The minimum atomic E-state index is -4.54. The molecule has 0 atom stereocenters. The normalized spacial score (nSPS) is 16.9. The summed E-state index contributed by atoms with van der Waals surface area (Å²) in [5, 5.41) is 15.2. The van der Waals surface area contributed by atoms with Crippen LogP contribution in [-0.2, 0) is 6.18 Å². The van der Waals surface area contributed by atoms with Gasteiger partial charge >= 0.3 is 12.1 Å². The number of aromatic carboxylic acids is 1. The third-order valence-electron chi connectivity index (χ3n) is 3.28. The molecule has 1 heterocycles. The van der Waals surface area contributed by atoms with Crippen molar-refractivity contribution in [2.75, 3.05) is 18.4 Å². The van der Waals surface area contributed by atoms with Crippen LogP contribution in [0.3, 0.4) is 0 Å². The van der Waals surface area contributed by atoms with E-state index < -0.39 is 17.7 Å². The number of piperidine rings is 1. The fraction of sp³-hybridized carbons (Fsp3) is 0.462. The first-order valence-electron chi connectivity index (χ1n) is 6.29. The van der Waals surface area contributed by atoms with Gasteiger partial charge in [-0.05, 0) is 44.1 Å². The van der Waals surface area contributed by atoms with Crippen molar-refractivity contribution >= 4 is 11.7 Å². The van der Waals surface area contributed by atoms with E-state index in [1.165, 1.54) is 6.07 Å². The maximum Gasteiger partial charge on any atom is 0.416 e. The zero-order valence-electron chi connectivity index (χ0n) is 10.6. The Labute approximate surface area is 114 Å². The van der Waals surface area contributed by atoms with Gasteiger partial charge < -0.3 is 15.7 Å². The van der Waals surface area contributed by atoms with Gasteiger partial charge in [-0.2, -0.15) is 13.2 Å². The Morgan fingerprint density at radius 1 is 1.30 bits per heavy atom. The van der Waals surface area contributed by atoms with Crippen LogP contribution in [0.4, 0.5) is 18.9 Å². The number of hydrogen-bond acceptors (Lipinski definition) is 3. The Bertz CT molecular complexity index is 497. The van der Waals surface area contributed by atoms with Crippen LogP contribution in [0.1, 0.15) is 28.8 Å². The summed E-state index contributed by atoms with van der Waals surface area (Å²) >= 11 is 0. The molecule has 1 fully saturated rings. The fourth-order valence-electron chi connectivity index (χ4n) is 2.21. The summed E-state index contributed by atoms with van der Waals surface area (Å²) in [4.78, 5) is 11.1.